The Balaban J connectivity index is 2.56. The Morgan fingerprint density at radius 3 is 2.29 bits per heavy atom. The van der Waals surface area contributed by atoms with Crippen LogP contribution in [0.5, 0.6) is 11.5 Å². The highest BCUT2D eigenvalue weighted by Gasteiger charge is 2.25. The highest BCUT2D eigenvalue weighted by atomic mass is 35.5. The highest BCUT2D eigenvalue weighted by Crippen LogP contribution is 2.35. The molecule has 2 rings (SSSR count). The summed E-state index contributed by atoms with van der Waals surface area (Å²) in [5, 5.41) is 0.474. The maximum atomic E-state index is 12.7. The second-order valence-corrected chi connectivity index (χ2v) is 7.98. The van der Waals surface area contributed by atoms with Gasteiger partial charge in [-0.25, -0.2) is 0 Å². The first-order chi connectivity index (χ1) is 11.2. The molecule has 0 saturated heterocycles. The average Bonchev–Trinajstić information content (AvgIpc) is 2.49. The van der Waals surface area contributed by atoms with Crippen LogP contribution in [0.15, 0.2) is 35.2 Å². The standard InChI is InChI=1S/C17H18Cl2O4S/c1-10(2)13-9-17(16(22-4)7-11(13)3)24(20,21)23-15-8-12(18)5-6-14(15)19/h5-10H,1-4H3. The lowest BCUT2D eigenvalue weighted by atomic mass is 9.98. The smallest absolute Gasteiger partial charge is 0.342 e. The van der Waals surface area contributed by atoms with E-state index in [0.29, 0.717) is 5.02 Å². The van der Waals surface area contributed by atoms with Gasteiger partial charge < -0.3 is 8.92 Å². The molecule has 0 bridgehead atoms. The van der Waals surface area contributed by atoms with Crippen molar-refractivity contribution in [3.63, 3.8) is 0 Å². The predicted octanol–water partition coefficient (Wildman–Crippen LogP) is 5.20. The minimum Gasteiger partial charge on any atom is -0.495 e. The van der Waals surface area contributed by atoms with Crippen LogP contribution in [-0.2, 0) is 10.1 Å². The molecule has 7 heteroatoms. The van der Waals surface area contributed by atoms with E-state index in [9.17, 15) is 8.42 Å². The molecule has 0 aliphatic heterocycles. The van der Waals surface area contributed by atoms with Gasteiger partial charge in [-0.15, -0.1) is 0 Å². The van der Waals surface area contributed by atoms with Gasteiger partial charge in [-0.2, -0.15) is 8.42 Å². The monoisotopic (exact) mass is 388 g/mol. The second kappa shape index (κ2) is 7.21. The molecule has 0 atom stereocenters. The third-order valence-electron chi connectivity index (χ3n) is 3.54. The fourth-order valence-corrected chi connectivity index (χ4v) is 3.85. The zero-order chi connectivity index (χ0) is 18.1. The summed E-state index contributed by atoms with van der Waals surface area (Å²) in [6.45, 7) is 5.88. The summed E-state index contributed by atoms with van der Waals surface area (Å²) in [6.07, 6.45) is 0. The van der Waals surface area contributed by atoms with E-state index in [1.807, 2.05) is 20.8 Å². The molecule has 0 radical (unpaired) electrons. The molecule has 2 aromatic rings. The van der Waals surface area contributed by atoms with Crippen LogP contribution in [0.25, 0.3) is 0 Å². The molecule has 0 saturated carbocycles. The van der Waals surface area contributed by atoms with Crippen molar-refractivity contribution in [2.24, 2.45) is 0 Å². The van der Waals surface area contributed by atoms with Crippen molar-refractivity contribution in [2.75, 3.05) is 7.11 Å². The molecule has 4 nitrogen and oxygen atoms in total. The molecule has 0 unspecified atom stereocenters. The van der Waals surface area contributed by atoms with Crippen LogP contribution in [0, 0.1) is 6.92 Å². The molecule has 0 aliphatic rings. The van der Waals surface area contributed by atoms with Gasteiger partial charge in [-0.05, 0) is 48.2 Å². The van der Waals surface area contributed by atoms with Gasteiger partial charge in [0.2, 0.25) is 0 Å². The fourth-order valence-electron chi connectivity index (χ4n) is 2.36. The van der Waals surface area contributed by atoms with E-state index < -0.39 is 10.1 Å². The minimum absolute atomic E-state index is 0.0297. The Bertz CT molecular complexity index is 861. The Morgan fingerprint density at radius 2 is 1.71 bits per heavy atom. The first-order valence-electron chi connectivity index (χ1n) is 7.23. The number of hydrogen-bond acceptors (Lipinski definition) is 4. The summed E-state index contributed by atoms with van der Waals surface area (Å²) in [6, 6.07) is 7.64. The zero-order valence-electron chi connectivity index (χ0n) is 13.8. The summed E-state index contributed by atoms with van der Waals surface area (Å²) in [5.74, 6) is 0.340. The molecule has 0 aliphatic carbocycles. The largest absolute Gasteiger partial charge is 0.495 e. The molecule has 0 aromatic heterocycles. The maximum Gasteiger partial charge on any atom is 0.342 e. The SMILES string of the molecule is COc1cc(C)c(C(C)C)cc1S(=O)(=O)Oc1cc(Cl)ccc1Cl. The number of hydrogen-bond donors (Lipinski definition) is 0. The van der Waals surface area contributed by atoms with E-state index in [2.05, 4.69) is 0 Å². The van der Waals surface area contributed by atoms with Gasteiger partial charge in [0.1, 0.15) is 10.6 Å². The van der Waals surface area contributed by atoms with Gasteiger partial charge >= 0.3 is 10.1 Å². The summed E-state index contributed by atoms with van der Waals surface area (Å²) < 4.78 is 35.9. The van der Waals surface area contributed by atoms with Crippen LogP contribution in [0.2, 0.25) is 10.0 Å². The summed E-state index contributed by atoms with van der Waals surface area (Å²) in [5.41, 5.74) is 1.84. The number of methoxy groups -OCH3 is 1. The predicted molar refractivity (Wildman–Crippen MR) is 96.1 cm³/mol. The van der Waals surface area contributed by atoms with Crippen molar-refractivity contribution in [3.05, 3.63) is 51.5 Å². The van der Waals surface area contributed by atoms with E-state index in [4.69, 9.17) is 32.1 Å². The first-order valence-corrected chi connectivity index (χ1v) is 9.40. The van der Waals surface area contributed by atoms with Crippen LogP contribution in [0.1, 0.15) is 30.9 Å². The molecule has 24 heavy (non-hydrogen) atoms. The maximum absolute atomic E-state index is 12.7. The van der Waals surface area contributed by atoms with Gasteiger partial charge in [0, 0.05) is 11.1 Å². The molecular weight excluding hydrogens is 371 g/mol. The zero-order valence-corrected chi connectivity index (χ0v) is 16.1. The third kappa shape index (κ3) is 3.97. The third-order valence-corrected chi connectivity index (χ3v) is 5.34. The molecule has 0 amide bonds. The molecule has 0 N–H and O–H groups in total. The Hall–Kier alpha value is -1.43. The van der Waals surface area contributed by atoms with E-state index >= 15 is 0 Å². The lowest BCUT2D eigenvalue weighted by molar-refractivity contribution is 0.397. The molecule has 0 heterocycles. The quantitative estimate of drug-likeness (QED) is 0.660. The number of halogens is 2. The molecule has 2 aromatic carbocycles. The normalized spacial score (nSPS) is 11.6. The van der Waals surface area contributed by atoms with Gasteiger partial charge in [-0.3, -0.25) is 0 Å². The van der Waals surface area contributed by atoms with Crippen molar-refractivity contribution in [1.82, 2.24) is 0 Å². The van der Waals surface area contributed by atoms with Crippen molar-refractivity contribution >= 4 is 33.3 Å². The van der Waals surface area contributed by atoms with Gasteiger partial charge in [-0.1, -0.05) is 37.0 Å². The number of benzene rings is 2. The number of aryl methyl sites for hydroxylation is 1. The summed E-state index contributed by atoms with van der Waals surface area (Å²) >= 11 is 11.9. The van der Waals surface area contributed by atoms with Crippen LogP contribution >= 0.6 is 23.2 Å². The highest BCUT2D eigenvalue weighted by molar-refractivity contribution is 7.87. The van der Waals surface area contributed by atoms with Crippen molar-refractivity contribution in [2.45, 2.75) is 31.6 Å². The van der Waals surface area contributed by atoms with E-state index in [1.54, 1.807) is 18.2 Å². The van der Waals surface area contributed by atoms with E-state index in [-0.39, 0.29) is 27.3 Å². The van der Waals surface area contributed by atoms with E-state index in [1.165, 1.54) is 19.2 Å². The van der Waals surface area contributed by atoms with Crippen molar-refractivity contribution in [1.29, 1.82) is 0 Å². The second-order valence-electron chi connectivity index (χ2n) is 5.63. The van der Waals surface area contributed by atoms with Crippen LogP contribution in [0.3, 0.4) is 0 Å². The van der Waals surface area contributed by atoms with Crippen molar-refractivity contribution in [3.8, 4) is 11.5 Å². The lowest BCUT2D eigenvalue weighted by Crippen LogP contribution is -2.13. The summed E-state index contributed by atoms with van der Waals surface area (Å²) in [4.78, 5) is -0.0460. The molecule has 0 spiro atoms. The Morgan fingerprint density at radius 1 is 1.04 bits per heavy atom. The van der Waals surface area contributed by atoms with Gasteiger partial charge in [0.05, 0.1) is 12.1 Å². The molecule has 130 valence electrons. The Labute approximate surface area is 152 Å². The number of ether oxygens (including phenoxy) is 1. The van der Waals surface area contributed by atoms with Crippen LogP contribution in [-0.4, -0.2) is 15.5 Å². The molecule has 0 fully saturated rings. The van der Waals surface area contributed by atoms with Gasteiger partial charge in [0.25, 0.3) is 0 Å². The van der Waals surface area contributed by atoms with Crippen LogP contribution in [0.4, 0.5) is 0 Å². The average molecular weight is 389 g/mol. The summed E-state index contributed by atoms with van der Waals surface area (Å²) in [7, 11) is -2.72. The van der Waals surface area contributed by atoms with Crippen molar-refractivity contribution < 1.29 is 17.3 Å². The Kier molecular flexibility index (Phi) is 5.68. The minimum atomic E-state index is -4.14. The van der Waals surface area contributed by atoms with Crippen LogP contribution < -0.4 is 8.92 Å². The topological polar surface area (TPSA) is 52.6 Å². The first kappa shape index (κ1) is 18.9. The van der Waals surface area contributed by atoms with E-state index in [0.717, 1.165) is 11.1 Å². The molecular formula is C17H18Cl2O4S. The van der Waals surface area contributed by atoms with Gasteiger partial charge in [0.15, 0.2) is 5.75 Å². The lowest BCUT2D eigenvalue weighted by Gasteiger charge is -2.16. The number of rotatable bonds is 5. The fraction of sp³-hybridized carbons (Fsp3) is 0.294.